The molecule has 22 heavy (non-hydrogen) atoms. The van der Waals surface area contributed by atoms with Gasteiger partial charge in [-0.3, -0.25) is 4.90 Å². The van der Waals surface area contributed by atoms with Gasteiger partial charge in [0.15, 0.2) is 0 Å². The highest BCUT2D eigenvalue weighted by molar-refractivity contribution is 5.82. The zero-order chi connectivity index (χ0) is 15.5. The summed E-state index contributed by atoms with van der Waals surface area (Å²) in [6.45, 7) is 3.09. The second-order valence-corrected chi connectivity index (χ2v) is 6.02. The van der Waals surface area contributed by atoms with Gasteiger partial charge in [-0.1, -0.05) is 18.2 Å². The fourth-order valence-electron chi connectivity index (χ4n) is 2.75. The van der Waals surface area contributed by atoms with Gasteiger partial charge >= 0.3 is 0 Å². The van der Waals surface area contributed by atoms with Crippen LogP contribution in [0.25, 0.3) is 10.9 Å². The van der Waals surface area contributed by atoms with Gasteiger partial charge in [0.2, 0.25) is 0 Å². The number of hydrogen-bond acceptors (Lipinski definition) is 3. The largest absolute Gasteiger partial charge is 0.361 e. The molecule has 2 aromatic heterocycles. The average Bonchev–Trinajstić information content (AvgIpc) is 3.11. The van der Waals surface area contributed by atoms with E-state index in [2.05, 4.69) is 64.5 Å². The van der Waals surface area contributed by atoms with E-state index >= 15 is 0 Å². The van der Waals surface area contributed by atoms with Crippen LogP contribution in [0, 0.1) is 0 Å². The summed E-state index contributed by atoms with van der Waals surface area (Å²) in [6.07, 6.45) is 6.09. The Hall–Kier alpha value is -2.14. The molecular weight excluding hydrogens is 274 g/mol. The van der Waals surface area contributed by atoms with Crippen molar-refractivity contribution in [3.63, 3.8) is 0 Å². The SMILES string of the molecule is C[C@H](CCc1c[nH]c2ccccc12)N(C)Cc1nncn1C. The van der Waals surface area contributed by atoms with Gasteiger partial charge in [0, 0.05) is 30.2 Å². The Kier molecular flexibility index (Phi) is 4.24. The minimum absolute atomic E-state index is 0.491. The maximum Gasteiger partial charge on any atom is 0.146 e. The Balaban J connectivity index is 1.60. The van der Waals surface area contributed by atoms with E-state index in [-0.39, 0.29) is 0 Å². The lowest BCUT2D eigenvalue weighted by molar-refractivity contribution is 0.230. The Bertz CT molecular complexity index is 742. The number of aromatic amines is 1. The lowest BCUT2D eigenvalue weighted by Gasteiger charge is -2.24. The summed E-state index contributed by atoms with van der Waals surface area (Å²) in [4.78, 5) is 5.68. The minimum atomic E-state index is 0.491. The first-order valence-electron chi connectivity index (χ1n) is 7.73. The second kappa shape index (κ2) is 6.32. The predicted molar refractivity (Wildman–Crippen MR) is 88.6 cm³/mol. The van der Waals surface area contributed by atoms with Gasteiger partial charge in [0.25, 0.3) is 0 Å². The van der Waals surface area contributed by atoms with Crippen LogP contribution >= 0.6 is 0 Å². The Morgan fingerprint density at radius 3 is 2.91 bits per heavy atom. The first-order valence-corrected chi connectivity index (χ1v) is 7.73. The van der Waals surface area contributed by atoms with Crippen LogP contribution in [0.3, 0.4) is 0 Å². The number of nitrogens with zero attached hydrogens (tertiary/aromatic N) is 4. The van der Waals surface area contributed by atoms with Crippen LogP contribution in [-0.4, -0.2) is 37.7 Å². The average molecular weight is 297 g/mol. The zero-order valence-electron chi connectivity index (χ0n) is 13.5. The van der Waals surface area contributed by atoms with E-state index in [1.807, 2.05) is 11.6 Å². The maximum absolute atomic E-state index is 4.16. The second-order valence-electron chi connectivity index (χ2n) is 6.02. The van der Waals surface area contributed by atoms with Crippen LogP contribution in [0.4, 0.5) is 0 Å². The van der Waals surface area contributed by atoms with Gasteiger partial charge in [0.1, 0.15) is 12.2 Å². The van der Waals surface area contributed by atoms with Gasteiger partial charge < -0.3 is 9.55 Å². The number of hydrogen-bond donors (Lipinski definition) is 1. The van der Waals surface area contributed by atoms with Crippen molar-refractivity contribution in [2.45, 2.75) is 32.4 Å². The third-order valence-corrected chi connectivity index (χ3v) is 4.45. The summed E-state index contributed by atoms with van der Waals surface area (Å²) in [6, 6.07) is 8.98. The van der Waals surface area contributed by atoms with Gasteiger partial charge in [-0.2, -0.15) is 0 Å². The number of H-pyrrole nitrogens is 1. The fraction of sp³-hybridized carbons (Fsp3) is 0.412. The third kappa shape index (κ3) is 3.04. The van der Waals surface area contributed by atoms with Crippen LogP contribution < -0.4 is 0 Å². The highest BCUT2D eigenvalue weighted by Gasteiger charge is 2.13. The monoisotopic (exact) mass is 297 g/mol. The lowest BCUT2D eigenvalue weighted by atomic mass is 10.0. The van der Waals surface area contributed by atoms with Gasteiger partial charge in [-0.05, 0) is 38.4 Å². The third-order valence-electron chi connectivity index (χ3n) is 4.45. The Labute approximate surface area is 131 Å². The zero-order valence-corrected chi connectivity index (χ0v) is 13.5. The first-order chi connectivity index (χ1) is 10.6. The normalized spacial score (nSPS) is 13.1. The molecular formula is C17H23N5. The molecule has 116 valence electrons. The maximum atomic E-state index is 4.16. The summed E-state index contributed by atoms with van der Waals surface area (Å²) in [7, 11) is 4.13. The van der Waals surface area contributed by atoms with E-state index < -0.39 is 0 Å². The van der Waals surface area contributed by atoms with Crippen molar-refractivity contribution in [1.82, 2.24) is 24.6 Å². The van der Waals surface area contributed by atoms with Crippen LogP contribution in [0.1, 0.15) is 24.7 Å². The first kappa shape index (κ1) is 14.8. The molecule has 0 radical (unpaired) electrons. The van der Waals surface area contributed by atoms with Crippen LogP contribution in [0.15, 0.2) is 36.8 Å². The van der Waals surface area contributed by atoms with E-state index in [4.69, 9.17) is 0 Å². The summed E-state index contributed by atoms with van der Waals surface area (Å²) in [5, 5.41) is 9.43. The predicted octanol–water partition coefficient (Wildman–Crippen LogP) is 2.75. The molecule has 1 aromatic carbocycles. The van der Waals surface area contributed by atoms with Gasteiger partial charge in [-0.15, -0.1) is 10.2 Å². The molecule has 5 nitrogen and oxygen atoms in total. The van der Waals surface area contributed by atoms with E-state index in [1.54, 1.807) is 6.33 Å². The van der Waals surface area contributed by atoms with E-state index in [1.165, 1.54) is 16.5 Å². The Morgan fingerprint density at radius 2 is 2.14 bits per heavy atom. The fourth-order valence-corrected chi connectivity index (χ4v) is 2.75. The molecule has 3 rings (SSSR count). The van der Waals surface area contributed by atoms with Crippen molar-refractivity contribution >= 4 is 10.9 Å². The number of fused-ring (bicyclic) bond motifs is 1. The van der Waals surface area contributed by atoms with Crippen LogP contribution in [0.5, 0.6) is 0 Å². The molecule has 3 aromatic rings. The molecule has 0 unspecified atom stereocenters. The molecule has 1 N–H and O–H groups in total. The molecule has 2 heterocycles. The van der Waals surface area contributed by atoms with E-state index in [9.17, 15) is 0 Å². The lowest BCUT2D eigenvalue weighted by Crippen LogP contribution is -2.30. The molecule has 0 aliphatic rings. The molecule has 0 amide bonds. The molecule has 0 bridgehead atoms. The van der Waals surface area contributed by atoms with Crippen LogP contribution in [0.2, 0.25) is 0 Å². The summed E-state index contributed by atoms with van der Waals surface area (Å²) in [5.74, 6) is 1.00. The summed E-state index contributed by atoms with van der Waals surface area (Å²) >= 11 is 0. The number of nitrogens with one attached hydrogen (secondary N) is 1. The molecule has 0 saturated carbocycles. The van der Waals surface area contributed by atoms with Crippen molar-refractivity contribution in [2.75, 3.05) is 7.05 Å². The summed E-state index contributed by atoms with van der Waals surface area (Å²) < 4.78 is 1.98. The van der Waals surface area contributed by atoms with Crippen LogP contribution in [-0.2, 0) is 20.0 Å². The van der Waals surface area contributed by atoms with Gasteiger partial charge in [0.05, 0.1) is 6.54 Å². The quantitative estimate of drug-likeness (QED) is 0.761. The molecule has 0 spiro atoms. The molecule has 5 heteroatoms. The molecule has 0 aliphatic carbocycles. The van der Waals surface area contributed by atoms with Gasteiger partial charge in [-0.25, -0.2) is 0 Å². The topological polar surface area (TPSA) is 49.7 Å². The van der Waals surface area contributed by atoms with Crippen molar-refractivity contribution in [3.8, 4) is 0 Å². The Morgan fingerprint density at radius 1 is 1.32 bits per heavy atom. The highest BCUT2D eigenvalue weighted by Crippen LogP contribution is 2.20. The molecule has 0 fully saturated rings. The highest BCUT2D eigenvalue weighted by atomic mass is 15.3. The number of rotatable bonds is 6. The van der Waals surface area contributed by atoms with E-state index in [0.717, 1.165) is 25.2 Å². The standard InChI is InChI=1S/C17H23N5/c1-13(21(2)11-17-20-19-12-22(17)3)8-9-14-10-18-16-7-5-4-6-15(14)16/h4-7,10,12-13,18H,8-9,11H2,1-3H3/t13-/m1/s1. The minimum Gasteiger partial charge on any atom is -0.361 e. The van der Waals surface area contributed by atoms with Crippen molar-refractivity contribution in [2.24, 2.45) is 7.05 Å². The van der Waals surface area contributed by atoms with Crippen molar-refractivity contribution in [1.29, 1.82) is 0 Å². The number of para-hydroxylation sites is 1. The molecule has 0 aliphatic heterocycles. The number of aromatic nitrogens is 4. The van der Waals surface area contributed by atoms with E-state index in [0.29, 0.717) is 6.04 Å². The van der Waals surface area contributed by atoms with Crippen molar-refractivity contribution < 1.29 is 0 Å². The molecule has 1 atom stereocenters. The summed E-state index contributed by atoms with van der Waals surface area (Å²) in [5.41, 5.74) is 2.62. The smallest absolute Gasteiger partial charge is 0.146 e. The molecule has 0 saturated heterocycles. The number of benzene rings is 1. The number of aryl methyl sites for hydroxylation is 2. The van der Waals surface area contributed by atoms with Crippen molar-refractivity contribution in [3.05, 3.63) is 48.2 Å².